The molecule has 0 atom stereocenters. The summed E-state index contributed by atoms with van der Waals surface area (Å²) in [5.74, 6) is 0.403. The first-order chi connectivity index (χ1) is 8.16. The first kappa shape index (κ1) is 10.1. The molecule has 0 radical (unpaired) electrons. The van der Waals surface area contributed by atoms with Crippen molar-refractivity contribution in [2.24, 2.45) is 0 Å². The molecule has 1 aromatic carbocycles. The summed E-state index contributed by atoms with van der Waals surface area (Å²) in [4.78, 5) is 24.8. The monoisotopic (exact) mass is 250 g/mol. The minimum Gasteiger partial charge on any atom is -0.286 e. The molecule has 0 fully saturated rings. The smallest absolute Gasteiger partial charge is 0.286 e. The molecule has 86 valence electrons. The van der Waals surface area contributed by atoms with E-state index in [0.29, 0.717) is 16.5 Å². The van der Waals surface area contributed by atoms with E-state index in [9.17, 15) is 9.59 Å². The summed E-state index contributed by atoms with van der Waals surface area (Å²) >= 11 is 5.86. The predicted octanol–water partition coefficient (Wildman–Crippen LogP) is 1.21. The van der Waals surface area contributed by atoms with E-state index in [2.05, 4.69) is 10.2 Å². The molecule has 17 heavy (non-hydrogen) atoms. The largest absolute Gasteiger partial charge is 0.351 e. The molecule has 7 heteroatoms. The number of aromatic amines is 1. The highest BCUT2D eigenvalue weighted by Gasteiger charge is 2.31. The SMILES string of the molecule is O=C1N(c2cccc(Cl)c2)Cc2n[nH]c(=O)n21. The second-order valence-corrected chi connectivity index (χ2v) is 4.07. The topological polar surface area (TPSA) is 71.0 Å². The zero-order chi connectivity index (χ0) is 12.0. The van der Waals surface area contributed by atoms with Crippen LogP contribution in [0, 0.1) is 0 Å². The lowest BCUT2D eigenvalue weighted by Crippen LogP contribution is -2.31. The Morgan fingerprint density at radius 3 is 2.88 bits per heavy atom. The molecule has 0 bridgehead atoms. The summed E-state index contributed by atoms with van der Waals surface area (Å²) in [5, 5.41) is 6.55. The van der Waals surface area contributed by atoms with Crippen LogP contribution in [0.3, 0.4) is 0 Å². The zero-order valence-corrected chi connectivity index (χ0v) is 9.31. The second kappa shape index (κ2) is 3.46. The molecule has 1 amide bonds. The van der Waals surface area contributed by atoms with Crippen molar-refractivity contribution in [3.8, 4) is 0 Å². The van der Waals surface area contributed by atoms with E-state index >= 15 is 0 Å². The third-order valence-corrected chi connectivity index (χ3v) is 2.82. The highest BCUT2D eigenvalue weighted by molar-refractivity contribution is 6.30. The minimum absolute atomic E-state index is 0.262. The first-order valence-electron chi connectivity index (χ1n) is 4.90. The van der Waals surface area contributed by atoms with Crippen LogP contribution in [0.4, 0.5) is 10.5 Å². The third kappa shape index (κ3) is 1.45. The Labute approximate surface area is 100 Å². The third-order valence-electron chi connectivity index (χ3n) is 2.58. The molecule has 2 heterocycles. The number of halogens is 1. The fourth-order valence-corrected chi connectivity index (χ4v) is 1.99. The molecule has 6 nitrogen and oxygen atoms in total. The Hall–Kier alpha value is -2.08. The van der Waals surface area contributed by atoms with Crippen molar-refractivity contribution in [1.82, 2.24) is 14.8 Å². The van der Waals surface area contributed by atoms with Gasteiger partial charge >= 0.3 is 11.7 Å². The summed E-state index contributed by atoms with van der Waals surface area (Å²) in [5.41, 5.74) is 0.127. The number of nitrogens with one attached hydrogen (secondary N) is 1. The summed E-state index contributed by atoms with van der Waals surface area (Å²) < 4.78 is 1.01. The molecule has 1 N–H and O–H groups in total. The van der Waals surface area contributed by atoms with E-state index in [1.807, 2.05) is 0 Å². The van der Waals surface area contributed by atoms with E-state index < -0.39 is 11.7 Å². The molecule has 0 spiro atoms. The van der Waals surface area contributed by atoms with Crippen LogP contribution in [0.25, 0.3) is 0 Å². The molecule has 3 rings (SSSR count). The molecule has 0 saturated carbocycles. The zero-order valence-electron chi connectivity index (χ0n) is 8.55. The van der Waals surface area contributed by atoms with Crippen molar-refractivity contribution in [2.75, 3.05) is 4.90 Å². The van der Waals surface area contributed by atoms with Crippen LogP contribution < -0.4 is 10.6 Å². The molecule has 2 aromatic rings. The van der Waals surface area contributed by atoms with Crippen LogP contribution >= 0.6 is 11.6 Å². The molecule has 0 aliphatic carbocycles. The number of hydrogen-bond donors (Lipinski definition) is 1. The Morgan fingerprint density at radius 1 is 1.35 bits per heavy atom. The van der Waals surface area contributed by atoms with Crippen LogP contribution in [0.1, 0.15) is 5.82 Å². The Kier molecular flexibility index (Phi) is 2.05. The summed E-state index contributed by atoms with van der Waals surface area (Å²) in [6.45, 7) is 0.262. The number of nitrogens with zero attached hydrogens (tertiary/aromatic N) is 3. The maximum absolute atomic E-state index is 12.0. The molecule has 0 unspecified atom stereocenters. The molecule has 1 aliphatic rings. The van der Waals surface area contributed by atoms with Gasteiger partial charge in [0.05, 0.1) is 6.54 Å². The van der Waals surface area contributed by atoms with Gasteiger partial charge in [0.25, 0.3) is 0 Å². The second-order valence-electron chi connectivity index (χ2n) is 3.63. The van der Waals surface area contributed by atoms with E-state index in [1.165, 1.54) is 4.90 Å². The average molecular weight is 251 g/mol. The number of carbonyl (C=O) groups excluding carboxylic acids is 1. The molecule has 1 aromatic heterocycles. The van der Waals surface area contributed by atoms with E-state index in [-0.39, 0.29) is 6.54 Å². The van der Waals surface area contributed by atoms with Crippen molar-refractivity contribution < 1.29 is 4.79 Å². The molecule has 1 aliphatic heterocycles. The van der Waals surface area contributed by atoms with Crippen LogP contribution in [-0.2, 0) is 6.54 Å². The van der Waals surface area contributed by atoms with Gasteiger partial charge in [0, 0.05) is 10.7 Å². The van der Waals surface area contributed by atoms with Gasteiger partial charge in [-0.2, -0.15) is 9.67 Å². The van der Waals surface area contributed by atoms with E-state index in [0.717, 1.165) is 4.57 Å². The van der Waals surface area contributed by atoms with Gasteiger partial charge in [-0.15, -0.1) is 0 Å². The first-order valence-corrected chi connectivity index (χ1v) is 5.28. The number of benzene rings is 1. The summed E-state index contributed by atoms with van der Waals surface area (Å²) in [6.07, 6.45) is 0. The standard InChI is InChI=1S/C10H7ClN4O2/c11-6-2-1-3-7(4-6)14-5-8-12-13-9(16)15(8)10(14)17/h1-4H,5H2,(H,13,16). The van der Waals surface area contributed by atoms with Crippen molar-refractivity contribution in [2.45, 2.75) is 6.54 Å². The number of amides is 1. The van der Waals surface area contributed by atoms with Gasteiger partial charge in [0.15, 0.2) is 5.82 Å². The van der Waals surface area contributed by atoms with Gasteiger partial charge in [-0.3, -0.25) is 4.90 Å². The van der Waals surface area contributed by atoms with Crippen LogP contribution in [0.5, 0.6) is 0 Å². The lowest BCUT2D eigenvalue weighted by molar-refractivity contribution is 0.250. The number of aromatic nitrogens is 3. The van der Waals surface area contributed by atoms with Crippen molar-refractivity contribution in [1.29, 1.82) is 0 Å². The number of carbonyl (C=O) groups is 1. The normalized spacial score (nSPS) is 14.2. The van der Waals surface area contributed by atoms with Crippen molar-refractivity contribution >= 4 is 23.3 Å². The van der Waals surface area contributed by atoms with Gasteiger partial charge in [-0.25, -0.2) is 14.7 Å². The highest BCUT2D eigenvalue weighted by Crippen LogP contribution is 2.24. The van der Waals surface area contributed by atoms with Gasteiger partial charge in [-0.05, 0) is 18.2 Å². The lowest BCUT2D eigenvalue weighted by atomic mass is 10.3. The Balaban J connectivity index is 2.05. The van der Waals surface area contributed by atoms with Gasteiger partial charge in [0.1, 0.15) is 0 Å². The van der Waals surface area contributed by atoms with Crippen molar-refractivity contribution in [3.05, 3.63) is 45.6 Å². The molecular formula is C10H7ClN4O2. The maximum Gasteiger partial charge on any atom is 0.351 e. The summed E-state index contributed by atoms with van der Waals surface area (Å²) in [6, 6.07) is 6.47. The summed E-state index contributed by atoms with van der Waals surface area (Å²) in [7, 11) is 0. The van der Waals surface area contributed by atoms with E-state index in [4.69, 9.17) is 11.6 Å². The lowest BCUT2D eigenvalue weighted by Gasteiger charge is -2.14. The molecular weight excluding hydrogens is 244 g/mol. The Bertz CT molecular complexity index is 660. The van der Waals surface area contributed by atoms with Crippen LogP contribution in [-0.4, -0.2) is 20.8 Å². The predicted molar refractivity (Wildman–Crippen MR) is 61.3 cm³/mol. The van der Waals surface area contributed by atoms with E-state index in [1.54, 1.807) is 24.3 Å². The fraction of sp³-hybridized carbons (Fsp3) is 0.100. The van der Waals surface area contributed by atoms with Gasteiger partial charge in [-0.1, -0.05) is 17.7 Å². The fourth-order valence-electron chi connectivity index (χ4n) is 1.81. The quantitative estimate of drug-likeness (QED) is 0.827. The number of fused-ring (bicyclic) bond motifs is 1. The van der Waals surface area contributed by atoms with Gasteiger partial charge in [0.2, 0.25) is 0 Å². The molecule has 0 saturated heterocycles. The van der Waals surface area contributed by atoms with Crippen molar-refractivity contribution in [3.63, 3.8) is 0 Å². The maximum atomic E-state index is 12.0. The average Bonchev–Trinajstić information content (AvgIpc) is 2.81. The number of hydrogen-bond acceptors (Lipinski definition) is 3. The highest BCUT2D eigenvalue weighted by atomic mass is 35.5. The van der Waals surface area contributed by atoms with Gasteiger partial charge < -0.3 is 0 Å². The number of anilines is 1. The van der Waals surface area contributed by atoms with Crippen LogP contribution in [0.15, 0.2) is 29.1 Å². The Morgan fingerprint density at radius 2 is 2.18 bits per heavy atom. The number of H-pyrrole nitrogens is 1. The van der Waals surface area contributed by atoms with Crippen LogP contribution in [0.2, 0.25) is 5.02 Å². The minimum atomic E-state index is -0.519. The number of rotatable bonds is 1.